The van der Waals surface area contributed by atoms with Gasteiger partial charge in [-0.1, -0.05) is 21.1 Å². The normalized spacial score (nSPS) is 10.4. The van der Waals surface area contributed by atoms with Gasteiger partial charge in [-0.05, 0) is 48.5 Å². The van der Waals surface area contributed by atoms with E-state index in [4.69, 9.17) is 10.5 Å². The molecule has 0 radical (unpaired) electrons. The summed E-state index contributed by atoms with van der Waals surface area (Å²) in [5.41, 5.74) is 7.41. The van der Waals surface area contributed by atoms with Gasteiger partial charge in [-0.3, -0.25) is 4.79 Å². The molecule has 3 aromatic rings. The monoisotopic (exact) mass is 387 g/mol. The van der Waals surface area contributed by atoms with E-state index in [0.717, 1.165) is 4.47 Å². The molecule has 1 aromatic heterocycles. The molecule has 8 heteroatoms. The maximum Gasteiger partial charge on any atom is 0.280 e. The summed E-state index contributed by atoms with van der Waals surface area (Å²) >= 11 is 3.34. The van der Waals surface area contributed by atoms with Crippen molar-refractivity contribution in [3.8, 4) is 11.4 Å². The van der Waals surface area contributed by atoms with Crippen LogP contribution in [0.25, 0.3) is 5.69 Å². The number of halogens is 1. The van der Waals surface area contributed by atoms with E-state index >= 15 is 0 Å². The summed E-state index contributed by atoms with van der Waals surface area (Å²) in [4.78, 5) is 12.3. The van der Waals surface area contributed by atoms with Crippen LogP contribution in [0.5, 0.6) is 5.75 Å². The third kappa shape index (κ3) is 3.23. The van der Waals surface area contributed by atoms with Gasteiger partial charge in [0.05, 0.1) is 12.8 Å². The zero-order valence-electron chi connectivity index (χ0n) is 12.7. The Bertz CT molecular complexity index is 859. The average molecular weight is 388 g/mol. The lowest BCUT2D eigenvalue weighted by atomic mass is 10.3. The molecular formula is C16H14BrN5O2. The number of nitrogens with one attached hydrogen (secondary N) is 1. The van der Waals surface area contributed by atoms with E-state index in [0.29, 0.717) is 17.1 Å². The molecule has 0 saturated carbocycles. The zero-order valence-corrected chi connectivity index (χ0v) is 14.3. The molecule has 2 aromatic carbocycles. The lowest BCUT2D eigenvalue weighted by molar-refractivity contribution is 0.102. The van der Waals surface area contributed by atoms with Crippen LogP contribution in [0.1, 0.15) is 10.5 Å². The van der Waals surface area contributed by atoms with Crippen molar-refractivity contribution in [3.05, 3.63) is 58.7 Å². The predicted molar refractivity (Wildman–Crippen MR) is 94.4 cm³/mol. The number of hydrogen-bond donors (Lipinski definition) is 2. The van der Waals surface area contributed by atoms with Crippen LogP contribution in [0.3, 0.4) is 0 Å². The van der Waals surface area contributed by atoms with Crippen molar-refractivity contribution < 1.29 is 9.53 Å². The van der Waals surface area contributed by atoms with Crippen molar-refractivity contribution in [2.75, 3.05) is 18.2 Å². The minimum absolute atomic E-state index is 0.0636. The minimum Gasteiger partial charge on any atom is -0.497 e. The van der Waals surface area contributed by atoms with Crippen LogP contribution in [0.4, 0.5) is 11.5 Å². The number of methoxy groups -OCH3 is 1. The number of hydrogen-bond acceptors (Lipinski definition) is 5. The third-order valence-electron chi connectivity index (χ3n) is 3.34. The number of anilines is 2. The summed E-state index contributed by atoms with van der Waals surface area (Å²) in [6, 6.07) is 14.3. The SMILES string of the molecule is COc1ccc(-n2nnc(C(=O)Nc3ccc(Br)cc3)c2N)cc1. The maximum atomic E-state index is 12.3. The molecule has 7 nitrogen and oxygen atoms in total. The summed E-state index contributed by atoms with van der Waals surface area (Å²) < 4.78 is 7.43. The first-order chi connectivity index (χ1) is 11.6. The quantitative estimate of drug-likeness (QED) is 0.717. The van der Waals surface area contributed by atoms with Gasteiger partial charge in [0.1, 0.15) is 5.75 Å². The van der Waals surface area contributed by atoms with Crippen LogP contribution >= 0.6 is 15.9 Å². The molecule has 1 heterocycles. The van der Waals surface area contributed by atoms with Crippen molar-refractivity contribution in [2.24, 2.45) is 0 Å². The highest BCUT2D eigenvalue weighted by molar-refractivity contribution is 9.10. The molecule has 0 unspecified atom stereocenters. The van der Waals surface area contributed by atoms with Gasteiger partial charge in [0, 0.05) is 10.2 Å². The van der Waals surface area contributed by atoms with Gasteiger partial charge in [0.15, 0.2) is 11.5 Å². The molecule has 0 aliphatic carbocycles. The summed E-state index contributed by atoms with van der Waals surface area (Å²) in [6.07, 6.45) is 0. The Balaban J connectivity index is 1.83. The molecule has 0 fully saturated rings. The van der Waals surface area contributed by atoms with Gasteiger partial charge in [-0.2, -0.15) is 4.68 Å². The number of nitrogen functional groups attached to an aromatic ring is 1. The van der Waals surface area contributed by atoms with Crippen LogP contribution in [-0.4, -0.2) is 28.0 Å². The summed E-state index contributed by atoms with van der Waals surface area (Å²) in [6.45, 7) is 0. The fraction of sp³-hybridized carbons (Fsp3) is 0.0625. The van der Waals surface area contributed by atoms with Gasteiger partial charge in [0.2, 0.25) is 0 Å². The van der Waals surface area contributed by atoms with E-state index in [1.54, 1.807) is 43.5 Å². The molecule has 0 bridgehead atoms. The first-order valence-electron chi connectivity index (χ1n) is 7.01. The minimum atomic E-state index is -0.422. The maximum absolute atomic E-state index is 12.3. The molecule has 0 aliphatic heterocycles. The number of nitrogens with zero attached hydrogens (tertiary/aromatic N) is 3. The van der Waals surface area contributed by atoms with Crippen molar-refractivity contribution in [2.45, 2.75) is 0 Å². The Morgan fingerprint density at radius 3 is 2.46 bits per heavy atom. The molecule has 24 heavy (non-hydrogen) atoms. The molecule has 0 spiro atoms. The molecule has 1 amide bonds. The van der Waals surface area contributed by atoms with Gasteiger partial charge in [-0.15, -0.1) is 5.10 Å². The fourth-order valence-electron chi connectivity index (χ4n) is 2.09. The molecular weight excluding hydrogens is 374 g/mol. The highest BCUT2D eigenvalue weighted by atomic mass is 79.9. The van der Waals surface area contributed by atoms with E-state index in [-0.39, 0.29) is 11.5 Å². The Morgan fingerprint density at radius 1 is 1.17 bits per heavy atom. The fourth-order valence-corrected chi connectivity index (χ4v) is 2.35. The van der Waals surface area contributed by atoms with Crippen molar-refractivity contribution >= 4 is 33.3 Å². The van der Waals surface area contributed by atoms with Gasteiger partial charge in [0.25, 0.3) is 5.91 Å². The zero-order chi connectivity index (χ0) is 17.1. The highest BCUT2D eigenvalue weighted by Gasteiger charge is 2.18. The van der Waals surface area contributed by atoms with E-state index in [1.807, 2.05) is 12.1 Å². The van der Waals surface area contributed by atoms with E-state index in [9.17, 15) is 4.79 Å². The topological polar surface area (TPSA) is 95.1 Å². The number of carbonyl (C=O) groups excluding carboxylic acids is 1. The van der Waals surface area contributed by atoms with Crippen molar-refractivity contribution in [1.82, 2.24) is 15.0 Å². The Kier molecular flexibility index (Phi) is 4.48. The number of ether oxygens (including phenoxy) is 1. The molecule has 122 valence electrons. The molecule has 3 rings (SSSR count). The summed E-state index contributed by atoms with van der Waals surface area (Å²) in [5, 5.41) is 10.6. The van der Waals surface area contributed by atoms with E-state index in [2.05, 4.69) is 31.6 Å². The lowest BCUT2D eigenvalue weighted by Gasteiger charge is -2.06. The Hall–Kier alpha value is -2.87. The number of amides is 1. The smallest absolute Gasteiger partial charge is 0.280 e. The van der Waals surface area contributed by atoms with Crippen molar-refractivity contribution in [3.63, 3.8) is 0 Å². The first kappa shape index (κ1) is 16.0. The highest BCUT2D eigenvalue weighted by Crippen LogP contribution is 2.20. The van der Waals surface area contributed by atoms with Crippen LogP contribution in [0.15, 0.2) is 53.0 Å². The number of carbonyl (C=O) groups is 1. The molecule has 0 aliphatic rings. The predicted octanol–water partition coefficient (Wildman–Crippen LogP) is 2.87. The Morgan fingerprint density at radius 2 is 1.83 bits per heavy atom. The standard InChI is InChI=1S/C16H14BrN5O2/c1-24-13-8-6-12(7-9-13)22-15(18)14(20-21-22)16(23)19-11-4-2-10(17)3-5-11/h2-9H,18H2,1H3,(H,19,23). The number of rotatable bonds is 4. The second-order valence-corrected chi connectivity index (χ2v) is 5.81. The second-order valence-electron chi connectivity index (χ2n) is 4.89. The van der Waals surface area contributed by atoms with Crippen LogP contribution in [0, 0.1) is 0 Å². The molecule has 3 N–H and O–H groups in total. The Labute approximate surface area is 146 Å². The number of aromatic nitrogens is 3. The summed E-state index contributed by atoms with van der Waals surface area (Å²) in [5.74, 6) is 0.454. The largest absolute Gasteiger partial charge is 0.497 e. The van der Waals surface area contributed by atoms with E-state index < -0.39 is 5.91 Å². The average Bonchev–Trinajstić information content (AvgIpc) is 2.98. The van der Waals surface area contributed by atoms with Crippen LogP contribution in [0.2, 0.25) is 0 Å². The van der Waals surface area contributed by atoms with Gasteiger partial charge < -0.3 is 15.8 Å². The van der Waals surface area contributed by atoms with E-state index in [1.165, 1.54) is 4.68 Å². The number of nitrogens with two attached hydrogens (primary N) is 1. The van der Waals surface area contributed by atoms with Gasteiger partial charge >= 0.3 is 0 Å². The lowest BCUT2D eigenvalue weighted by Crippen LogP contribution is -2.15. The molecule has 0 saturated heterocycles. The van der Waals surface area contributed by atoms with Crippen molar-refractivity contribution in [1.29, 1.82) is 0 Å². The molecule has 0 atom stereocenters. The van der Waals surface area contributed by atoms with Crippen LogP contribution in [-0.2, 0) is 0 Å². The first-order valence-corrected chi connectivity index (χ1v) is 7.80. The number of benzene rings is 2. The second kappa shape index (κ2) is 6.71. The van der Waals surface area contributed by atoms with Gasteiger partial charge in [-0.25, -0.2) is 0 Å². The third-order valence-corrected chi connectivity index (χ3v) is 3.87. The summed E-state index contributed by atoms with van der Waals surface area (Å²) in [7, 11) is 1.59. The van der Waals surface area contributed by atoms with Crippen LogP contribution < -0.4 is 15.8 Å².